The van der Waals surface area contributed by atoms with Crippen molar-refractivity contribution in [3.05, 3.63) is 30.3 Å². The highest BCUT2D eigenvalue weighted by molar-refractivity contribution is 7.89. The highest BCUT2D eigenvalue weighted by Crippen LogP contribution is 2.29. The molecule has 2 rings (SSSR count). The summed E-state index contributed by atoms with van der Waals surface area (Å²) in [7, 11) is -3.81. The second-order valence-electron chi connectivity index (χ2n) is 5.22. The largest absolute Gasteiger partial charge is 0.480 e. The van der Waals surface area contributed by atoms with Crippen molar-refractivity contribution in [3.63, 3.8) is 0 Å². The zero-order valence-electron chi connectivity index (χ0n) is 11.2. The highest BCUT2D eigenvalue weighted by atomic mass is 32.2. The average Bonchev–Trinajstić information content (AvgIpc) is 2.66. The molecule has 0 radical (unpaired) electrons. The van der Waals surface area contributed by atoms with Crippen LogP contribution in [0.2, 0.25) is 0 Å². The minimum absolute atomic E-state index is 0.102. The van der Waals surface area contributed by atoms with Crippen LogP contribution in [-0.4, -0.2) is 25.0 Å². The minimum atomic E-state index is -3.81. The summed E-state index contributed by atoms with van der Waals surface area (Å²) < 4.78 is 27.1. The molecule has 20 heavy (non-hydrogen) atoms. The number of carboxylic acid groups (broad SMARTS) is 1. The quantitative estimate of drug-likeness (QED) is 0.834. The molecule has 1 fully saturated rings. The van der Waals surface area contributed by atoms with E-state index in [-0.39, 0.29) is 4.90 Å². The number of nitrogens with one attached hydrogen (secondary N) is 1. The molecule has 0 amide bonds. The number of hydrogen-bond acceptors (Lipinski definition) is 3. The maximum atomic E-state index is 12.3. The Balaban J connectivity index is 2.30. The zero-order valence-corrected chi connectivity index (χ0v) is 12.0. The normalized spacial score (nSPS) is 19.2. The summed E-state index contributed by atoms with van der Waals surface area (Å²) in [5, 5.41) is 9.50. The number of carbonyl (C=O) groups is 1. The summed E-state index contributed by atoms with van der Waals surface area (Å²) >= 11 is 0. The van der Waals surface area contributed by atoms with Crippen LogP contribution < -0.4 is 4.72 Å². The van der Waals surface area contributed by atoms with Crippen LogP contribution in [0.3, 0.4) is 0 Å². The van der Waals surface area contributed by atoms with Crippen molar-refractivity contribution < 1.29 is 18.3 Å². The Labute approximate surface area is 119 Å². The first-order valence-electron chi connectivity index (χ1n) is 6.79. The molecule has 0 aliphatic heterocycles. The first kappa shape index (κ1) is 15.0. The Kier molecular flexibility index (Phi) is 4.45. The van der Waals surface area contributed by atoms with Crippen molar-refractivity contribution in [2.75, 3.05) is 0 Å². The molecule has 1 aliphatic carbocycles. The van der Waals surface area contributed by atoms with E-state index in [0.717, 1.165) is 25.7 Å². The van der Waals surface area contributed by atoms with Crippen LogP contribution in [0.25, 0.3) is 0 Å². The maximum Gasteiger partial charge on any atom is 0.324 e. The van der Waals surface area contributed by atoms with Crippen molar-refractivity contribution >= 4 is 16.0 Å². The maximum absolute atomic E-state index is 12.3. The van der Waals surface area contributed by atoms with E-state index in [1.54, 1.807) is 18.2 Å². The second-order valence-corrected chi connectivity index (χ2v) is 6.90. The van der Waals surface area contributed by atoms with Gasteiger partial charge in [0.25, 0.3) is 0 Å². The third-order valence-corrected chi connectivity index (χ3v) is 5.30. The molecule has 1 aromatic carbocycles. The lowest BCUT2D eigenvalue weighted by Crippen LogP contribution is -2.54. The number of carboxylic acids is 1. The number of sulfonamides is 1. The van der Waals surface area contributed by atoms with Crippen LogP contribution in [-0.2, 0) is 14.8 Å². The van der Waals surface area contributed by atoms with Crippen molar-refractivity contribution in [3.8, 4) is 0 Å². The third-order valence-electron chi connectivity index (χ3n) is 3.75. The fraction of sp³-hybridized carbons (Fsp3) is 0.500. The third kappa shape index (κ3) is 3.19. The van der Waals surface area contributed by atoms with Gasteiger partial charge in [-0.3, -0.25) is 4.79 Å². The summed E-state index contributed by atoms with van der Waals surface area (Å²) in [6, 6.07) is 7.89. The molecule has 1 aliphatic rings. The van der Waals surface area contributed by atoms with Crippen molar-refractivity contribution in [2.45, 2.75) is 49.0 Å². The topological polar surface area (TPSA) is 83.5 Å². The molecule has 6 heteroatoms. The van der Waals surface area contributed by atoms with Gasteiger partial charge in [-0.2, -0.15) is 4.72 Å². The SMILES string of the molecule is O=C(O)C1(NS(=O)(=O)c2ccccc2)CCCCCC1. The zero-order chi connectivity index (χ0) is 14.6. The number of rotatable bonds is 4. The first-order valence-corrected chi connectivity index (χ1v) is 8.27. The average molecular weight is 297 g/mol. The second kappa shape index (κ2) is 5.93. The minimum Gasteiger partial charge on any atom is -0.480 e. The van der Waals surface area contributed by atoms with Gasteiger partial charge in [-0.05, 0) is 25.0 Å². The number of benzene rings is 1. The van der Waals surface area contributed by atoms with Crippen molar-refractivity contribution in [1.29, 1.82) is 0 Å². The fourth-order valence-electron chi connectivity index (χ4n) is 2.61. The summed E-state index contributed by atoms with van der Waals surface area (Å²) in [5.74, 6) is -1.08. The summed E-state index contributed by atoms with van der Waals surface area (Å²) in [6.45, 7) is 0. The van der Waals surface area contributed by atoms with Gasteiger partial charge in [0.05, 0.1) is 4.90 Å². The Bertz CT molecular complexity index is 560. The molecule has 0 atom stereocenters. The standard InChI is InChI=1S/C14H19NO4S/c16-13(17)14(10-6-1-2-7-11-14)15-20(18,19)12-8-4-3-5-9-12/h3-5,8-9,15H,1-2,6-7,10-11H2,(H,16,17). The molecule has 0 unspecified atom stereocenters. The number of aliphatic carboxylic acids is 1. The first-order chi connectivity index (χ1) is 9.46. The van der Waals surface area contributed by atoms with E-state index in [1.165, 1.54) is 12.1 Å². The highest BCUT2D eigenvalue weighted by Gasteiger charge is 2.42. The van der Waals surface area contributed by atoms with Crippen LogP contribution in [0.5, 0.6) is 0 Å². The van der Waals surface area contributed by atoms with Crippen LogP contribution in [0, 0.1) is 0 Å². The molecule has 1 aromatic rings. The molecule has 0 aromatic heterocycles. The fourth-order valence-corrected chi connectivity index (χ4v) is 4.05. The Morgan fingerprint density at radius 1 is 1.05 bits per heavy atom. The van der Waals surface area contributed by atoms with Gasteiger partial charge in [0.1, 0.15) is 5.54 Å². The monoisotopic (exact) mass is 297 g/mol. The van der Waals surface area contributed by atoms with E-state index in [1.807, 2.05) is 0 Å². The van der Waals surface area contributed by atoms with E-state index < -0.39 is 21.5 Å². The lowest BCUT2D eigenvalue weighted by Gasteiger charge is -2.28. The van der Waals surface area contributed by atoms with Crippen LogP contribution in [0.4, 0.5) is 0 Å². The predicted molar refractivity (Wildman–Crippen MR) is 74.8 cm³/mol. The van der Waals surface area contributed by atoms with E-state index in [2.05, 4.69) is 4.72 Å². The molecule has 0 bridgehead atoms. The predicted octanol–water partition coefficient (Wildman–Crippen LogP) is 2.14. The molecule has 2 N–H and O–H groups in total. The van der Waals surface area contributed by atoms with Gasteiger partial charge in [-0.1, -0.05) is 43.9 Å². The Morgan fingerprint density at radius 2 is 1.60 bits per heavy atom. The lowest BCUT2D eigenvalue weighted by molar-refractivity contribution is -0.144. The molecular weight excluding hydrogens is 278 g/mol. The molecule has 1 saturated carbocycles. The van der Waals surface area contributed by atoms with Gasteiger partial charge in [0, 0.05) is 0 Å². The van der Waals surface area contributed by atoms with E-state index in [4.69, 9.17) is 0 Å². The summed E-state index contributed by atoms with van der Waals surface area (Å²) in [6.07, 6.45) is 4.03. The van der Waals surface area contributed by atoms with Gasteiger partial charge in [-0.15, -0.1) is 0 Å². The molecule has 110 valence electrons. The Hall–Kier alpha value is -1.40. The van der Waals surface area contributed by atoms with Crippen LogP contribution >= 0.6 is 0 Å². The van der Waals surface area contributed by atoms with E-state index in [9.17, 15) is 18.3 Å². The van der Waals surface area contributed by atoms with Gasteiger partial charge in [-0.25, -0.2) is 8.42 Å². The smallest absolute Gasteiger partial charge is 0.324 e. The van der Waals surface area contributed by atoms with E-state index in [0.29, 0.717) is 12.8 Å². The van der Waals surface area contributed by atoms with Gasteiger partial charge < -0.3 is 5.11 Å². The molecule has 0 heterocycles. The van der Waals surface area contributed by atoms with Gasteiger partial charge in [0.2, 0.25) is 10.0 Å². The molecular formula is C14H19NO4S. The summed E-state index contributed by atoms with van der Waals surface area (Å²) in [5.41, 5.74) is -1.37. The van der Waals surface area contributed by atoms with Gasteiger partial charge >= 0.3 is 5.97 Å². The molecule has 0 saturated heterocycles. The molecule has 5 nitrogen and oxygen atoms in total. The Morgan fingerprint density at radius 3 is 2.10 bits per heavy atom. The van der Waals surface area contributed by atoms with Crippen LogP contribution in [0.1, 0.15) is 38.5 Å². The van der Waals surface area contributed by atoms with Crippen molar-refractivity contribution in [2.24, 2.45) is 0 Å². The van der Waals surface area contributed by atoms with Gasteiger partial charge in [0.15, 0.2) is 0 Å². The number of hydrogen-bond donors (Lipinski definition) is 2. The van der Waals surface area contributed by atoms with E-state index >= 15 is 0 Å². The summed E-state index contributed by atoms with van der Waals surface area (Å²) in [4.78, 5) is 11.7. The lowest BCUT2D eigenvalue weighted by atomic mass is 9.92. The van der Waals surface area contributed by atoms with Crippen LogP contribution in [0.15, 0.2) is 35.2 Å². The molecule has 0 spiro atoms. The van der Waals surface area contributed by atoms with Crippen molar-refractivity contribution in [1.82, 2.24) is 4.72 Å².